The van der Waals surface area contributed by atoms with E-state index in [9.17, 15) is 13.2 Å². The van der Waals surface area contributed by atoms with E-state index in [0.717, 1.165) is 38.1 Å². The van der Waals surface area contributed by atoms with E-state index in [-0.39, 0.29) is 0 Å². The van der Waals surface area contributed by atoms with E-state index in [2.05, 4.69) is 19.8 Å². The van der Waals surface area contributed by atoms with Gasteiger partial charge in [-0.1, -0.05) is 0 Å². The minimum atomic E-state index is -4.42. The van der Waals surface area contributed by atoms with Crippen LogP contribution in [0.2, 0.25) is 0 Å². The highest BCUT2D eigenvalue weighted by molar-refractivity contribution is 5.42. The van der Waals surface area contributed by atoms with Crippen molar-refractivity contribution in [3.05, 3.63) is 53.5 Å². The summed E-state index contributed by atoms with van der Waals surface area (Å²) in [6.45, 7) is 3.38. The minimum Gasteiger partial charge on any atom is -0.354 e. The highest BCUT2D eigenvalue weighted by Crippen LogP contribution is 2.28. The molecule has 0 amide bonds. The Bertz CT molecular complexity index is 759. The average molecular weight is 347 g/mol. The van der Waals surface area contributed by atoms with Crippen LogP contribution in [-0.4, -0.2) is 41.0 Å². The summed E-state index contributed by atoms with van der Waals surface area (Å²) in [6, 6.07) is 8.29. The summed E-state index contributed by atoms with van der Waals surface area (Å²) in [5.74, 6) is 0.807. The fraction of sp³-hybridized carbons (Fsp3) is 0.353. The molecule has 5 nitrogen and oxygen atoms in total. The van der Waals surface area contributed by atoms with E-state index in [1.807, 2.05) is 12.1 Å². The lowest BCUT2D eigenvalue weighted by Gasteiger charge is -2.35. The van der Waals surface area contributed by atoms with Crippen LogP contribution < -0.4 is 4.90 Å². The normalized spacial score (nSPS) is 15.8. The van der Waals surface area contributed by atoms with E-state index in [0.29, 0.717) is 17.7 Å². The third kappa shape index (κ3) is 4.25. The standard InChI is InChI=1S/C17H16F3N5/c18-17(19,20)15-9-13(3-4-22-15)12-24-5-7-25(8-6-24)16-2-1-14(10-21)11-23-16/h1-4,9,11H,5-8,12H2. The van der Waals surface area contributed by atoms with Gasteiger partial charge in [-0.05, 0) is 29.8 Å². The summed E-state index contributed by atoms with van der Waals surface area (Å²) in [6.07, 6.45) is -1.68. The van der Waals surface area contributed by atoms with E-state index in [1.54, 1.807) is 12.1 Å². The minimum absolute atomic E-state index is 0.459. The summed E-state index contributed by atoms with van der Waals surface area (Å²) in [4.78, 5) is 11.9. The molecule has 0 radical (unpaired) electrons. The number of piperazine rings is 1. The molecule has 0 aliphatic carbocycles. The van der Waals surface area contributed by atoms with Gasteiger partial charge in [-0.3, -0.25) is 9.88 Å². The third-order valence-electron chi connectivity index (χ3n) is 4.09. The van der Waals surface area contributed by atoms with Crippen LogP contribution in [0.1, 0.15) is 16.8 Å². The molecule has 0 atom stereocenters. The molecule has 2 aromatic heterocycles. The number of anilines is 1. The first-order chi connectivity index (χ1) is 12.0. The molecule has 1 fully saturated rings. The van der Waals surface area contributed by atoms with Crippen molar-refractivity contribution >= 4 is 5.82 Å². The Morgan fingerprint density at radius 3 is 2.44 bits per heavy atom. The van der Waals surface area contributed by atoms with Crippen LogP contribution in [-0.2, 0) is 12.7 Å². The summed E-state index contributed by atoms with van der Waals surface area (Å²) in [5.41, 5.74) is 0.262. The number of nitrogens with zero attached hydrogens (tertiary/aromatic N) is 5. The number of aromatic nitrogens is 2. The predicted octanol–water partition coefficient (Wildman–Crippen LogP) is 2.69. The van der Waals surface area contributed by atoms with Gasteiger partial charge in [0.05, 0.1) is 5.56 Å². The molecular weight excluding hydrogens is 331 g/mol. The number of nitriles is 1. The van der Waals surface area contributed by atoms with E-state index in [1.165, 1.54) is 12.4 Å². The Morgan fingerprint density at radius 2 is 1.84 bits per heavy atom. The molecule has 0 unspecified atom stereocenters. The van der Waals surface area contributed by atoms with Crippen LogP contribution in [0.25, 0.3) is 0 Å². The van der Waals surface area contributed by atoms with Crippen molar-refractivity contribution in [2.45, 2.75) is 12.7 Å². The van der Waals surface area contributed by atoms with E-state index >= 15 is 0 Å². The summed E-state index contributed by atoms with van der Waals surface area (Å²) in [7, 11) is 0. The van der Waals surface area contributed by atoms with Gasteiger partial charge < -0.3 is 4.90 Å². The smallest absolute Gasteiger partial charge is 0.354 e. The molecule has 1 aliphatic rings. The molecule has 130 valence electrons. The molecule has 0 saturated carbocycles. The van der Waals surface area contributed by atoms with Crippen molar-refractivity contribution in [1.29, 1.82) is 5.26 Å². The lowest BCUT2D eigenvalue weighted by Crippen LogP contribution is -2.46. The zero-order chi connectivity index (χ0) is 17.9. The zero-order valence-electron chi connectivity index (χ0n) is 13.4. The van der Waals surface area contributed by atoms with Crippen molar-refractivity contribution in [3.63, 3.8) is 0 Å². The first-order valence-electron chi connectivity index (χ1n) is 7.81. The number of pyridine rings is 2. The second-order valence-electron chi connectivity index (χ2n) is 5.83. The third-order valence-corrected chi connectivity index (χ3v) is 4.09. The molecule has 0 bridgehead atoms. The largest absolute Gasteiger partial charge is 0.433 e. The number of hydrogen-bond acceptors (Lipinski definition) is 5. The van der Waals surface area contributed by atoms with Crippen LogP contribution in [0, 0.1) is 11.3 Å². The van der Waals surface area contributed by atoms with Crippen LogP contribution in [0.3, 0.4) is 0 Å². The number of hydrogen-bond donors (Lipinski definition) is 0. The van der Waals surface area contributed by atoms with Crippen LogP contribution in [0.15, 0.2) is 36.7 Å². The molecular formula is C17H16F3N5. The lowest BCUT2D eigenvalue weighted by atomic mass is 10.2. The summed E-state index contributed by atoms with van der Waals surface area (Å²) in [5, 5.41) is 8.80. The molecule has 1 aliphatic heterocycles. The van der Waals surface area contributed by atoms with Crippen molar-refractivity contribution in [1.82, 2.24) is 14.9 Å². The Labute approximate surface area is 143 Å². The van der Waals surface area contributed by atoms with Crippen LogP contribution >= 0.6 is 0 Å². The molecule has 0 aromatic carbocycles. The van der Waals surface area contributed by atoms with Gasteiger partial charge in [-0.25, -0.2) is 4.98 Å². The van der Waals surface area contributed by atoms with Gasteiger partial charge in [0, 0.05) is 45.1 Å². The zero-order valence-corrected chi connectivity index (χ0v) is 13.4. The number of halogens is 3. The predicted molar refractivity (Wildman–Crippen MR) is 85.7 cm³/mol. The van der Waals surface area contributed by atoms with Crippen molar-refractivity contribution in [3.8, 4) is 6.07 Å². The lowest BCUT2D eigenvalue weighted by molar-refractivity contribution is -0.141. The van der Waals surface area contributed by atoms with Crippen LogP contribution in [0.4, 0.5) is 19.0 Å². The van der Waals surface area contributed by atoms with Crippen molar-refractivity contribution in [2.75, 3.05) is 31.1 Å². The molecule has 0 N–H and O–H groups in total. The van der Waals surface area contributed by atoms with Gasteiger partial charge in [0.2, 0.25) is 0 Å². The molecule has 3 heterocycles. The quantitative estimate of drug-likeness (QED) is 0.854. The second kappa shape index (κ2) is 7.07. The fourth-order valence-corrected chi connectivity index (χ4v) is 2.76. The topological polar surface area (TPSA) is 56.1 Å². The maximum Gasteiger partial charge on any atom is 0.433 e. The van der Waals surface area contributed by atoms with Crippen molar-refractivity contribution < 1.29 is 13.2 Å². The SMILES string of the molecule is N#Cc1ccc(N2CCN(Cc3ccnc(C(F)(F)F)c3)CC2)nc1. The first-order valence-corrected chi connectivity index (χ1v) is 7.81. The van der Waals surface area contributed by atoms with Gasteiger partial charge in [0.25, 0.3) is 0 Å². The molecule has 0 spiro atoms. The van der Waals surface area contributed by atoms with Gasteiger partial charge in [0.15, 0.2) is 0 Å². The summed E-state index contributed by atoms with van der Waals surface area (Å²) >= 11 is 0. The fourth-order valence-electron chi connectivity index (χ4n) is 2.76. The number of alkyl halides is 3. The van der Waals surface area contributed by atoms with Crippen molar-refractivity contribution in [2.24, 2.45) is 0 Å². The Morgan fingerprint density at radius 1 is 1.08 bits per heavy atom. The first kappa shape index (κ1) is 17.2. The second-order valence-corrected chi connectivity index (χ2v) is 5.83. The Hall–Kier alpha value is -2.66. The Balaban J connectivity index is 1.58. The molecule has 3 rings (SSSR count). The molecule has 25 heavy (non-hydrogen) atoms. The highest BCUT2D eigenvalue weighted by Gasteiger charge is 2.32. The molecule has 8 heteroatoms. The van der Waals surface area contributed by atoms with Gasteiger partial charge in [-0.2, -0.15) is 18.4 Å². The summed E-state index contributed by atoms with van der Waals surface area (Å²) < 4.78 is 38.2. The van der Waals surface area contributed by atoms with Gasteiger partial charge in [-0.15, -0.1) is 0 Å². The van der Waals surface area contributed by atoms with E-state index in [4.69, 9.17) is 5.26 Å². The monoisotopic (exact) mass is 347 g/mol. The maximum absolute atomic E-state index is 12.7. The highest BCUT2D eigenvalue weighted by atomic mass is 19.4. The van der Waals surface area contributed by atoms with E-state index < -0.39 is 11.9 Å². The number of rotatable bonds is 3. The Kier molecular flexibility index (Phi) is 4.86. The molecule has 2 aromatic rings. The van der Waals surface area contributed by atoms with Gasteiger partial charge >= 0.3 is 6.18 Å². The molecule has 1 saturated heterocycles. The maximum atomic E-state index is 12.7. The van der Waals surface area contributed by atoms with Crippen LogP contribution in [0.5, 0.6) is 0 Å². The van der Waals surface area contributed by atoms with Gasteiger partial charge in [0.1, 0.15) is 17.6 Å². The average Bonchev–Trinajstić information content (AvgIpc) is 2.62.